The van der Waals surface area contributed by atoms with Gasteiger partial charge < -0.3 is 10.6 Å². The van der Waals surface area contributed by atoms with Crippen LogP contribution in [0.15, 0.2) is 6.07 Å². The van der Waals surface area contributed by atoms with E-state index in [-0.39, 0.29) is 11.3 Å². The Labute approximate surface area is 101 Å². The van der Waals surface area contributed by atoms with Crippen molar-refractivity contribution in [1.82, 2.24) is 15.5 Å². The molecule has 94 valence electrons. The second-order valence-corrected chi connectivity index (χ2v) is 4.90. The zero-order valence-corrected chi connectivity index (χ0v) is 10.5. The number of hydrogen-bond acceptors (Lipinski definition) is 3. The van der Waals surface area contributed by atoms with E-state index >= 15 is 0 Å². The third-order valence-corrected chi connectivity index (χ3v) is 3.51. The minimum Gasteiger partial charge on any atom is -0.317 e. The number of carbonyl (C=O) groups excluding carboxylic acids is 1. The van der Waals surface area contributed by atoms with Gasteiger partial charge in [-0.15, -0.1) is 0 Å². The van der Waals surface area contributed by atoms with E-state index in [9.17, 15) is 4.79 Å². The SMILES string of the molecule is CCc1cc(NC(=O)C2(C)CCNCC2)n[nH]1. The summed E-state index contributed by atoms with van der Waals surface area (Å²) in [7, 11) is 0. The van der Waals surface area contributed by atoms with Crippen LogP contribution in [-0.2, 0) is 11.2 Å². The summed E-state index contributed by atoms with van der Waals surface area (Å²) in [5.41, 5.74) is 0.770. The van der Waals surface area contributed by atoms with E-state index in [1.54, 1.807) is 0 Å². The van der Waals surface area contributed by atoms with Crippen molar-refractivity contribution in [2.24, 2.45) is 5.41 Å². The molecule has 1 aliphatic rings. The van der Waals surface area contributed by atoms with Crippen LogP contribution in [0.5, 0.6) is 0 Å². The Bertz CT molecular complexity index is 393. The summed E-state index contributed by atoms with van der Waals surface area (Å²) in [6, 6.07) is 1.89. The summed E-state index contributed by atoms with van der Waals surface area (Å²) in [5.74, 6) is 0.708. The topological polar surface area (TPSA) is 69.8 Å². The quantitative estimate of drug-likeness (QED) is 0.741. The van der Waals surface area contributed by atoms with Gasteiger partial charge in [0, 0.05) is 17.2 Å². The van der Waals surface area contributed by atoms with E-state index in [0.29, 0.717) is 5.82 Å². The monoisotopic (exact) mass is 236 g/mol. The Balaban J connectivity index is 2.00. The van der Waals surface area contributed by atoms with Gasteiger partial charge in [-0.3, -0.25) is 9.89 Å². The summed E-state index contributed by atoms with van der Waals surface area (Å²) in [6.07, 6.45) is 2.65. The van der Waals surface area contributed by atoms with Gasteiger partial charge in [-0.05, 0) is 32.4 Å². The highest BCUT2D eigenvalue weighted by molar-refractivity contribution is 5.94. The number of hydrogen-bond donors (Lipinski definition) is 3. The number of aromatic nitrogens is 2. The van der Waals surface area contributed by atoms with Gasteiger partial charge in [0.05, 0.1) is 0 Å². The molecule has 3 N–H and O–H groups in total. The zero-order valence-electron chi connectivity index (χ0n) is 10.5. The molecule has 0 saturated carbocycles. The number of nitrogens with zero attached hydrogens (tertiary/aromatic N) is 1. The van der Waals surface area contributed by atoms with E-state index < -0.39 is 0 Å². The normalized spacial score (nSPS) is 18.9. The minimum absolute atomic E-state index is 0.0770. The van der Waals surface area contributed by atoms with Crippen molar-refractivity contribution in [1.29, 1.82) is 0 Å². The largest absolute Gasteiger partial charge is 0.317 e. The van der Waals surface area contributed by atoms with Crippen LogP contribution in [-0.4, -0.2) is 29.2 Å². The van der Waals surface area contributed by atoms with Crippen LogP contribution in [0.2, 0.25) is 0 Å². The van der Waals surface area contributed by atoms with Crippen LogP contribution in [0.1, 0.15) is 32.4 Å². The fourth-order valence-corrected chi connectivity index (χ4v) is 2.08. The van der Waals surface area contributed by atoms with Gasteiger partial charge in [0.15, 0.2) is 5.82 Å². The maximum absolute atomic E-state index is 12.2. The Hall–Kier alpha value is -1.36. The molecule has 1 aliphatic heterocycles. The lowest BCUT2D eigenvalue weighted by Crippen LogP contribution is -2.42. The molecule has 0 bridgehead atoms. The lowest BCUT2D eigenvalue weighted by molar-refractivity contribution is -0.126. The number of carbonyl (C=O) groups is 1. The molecule has 2 heterocycles. The molecular formula is C12H20N4O. The van der Waals surface area contributed by atoms with Gasteiger partial charge in [-0.2, -0.15) is 5.10 Å². The average Bonchev–Trinajstić information content (AvgIpc) is 2.78. The maximum atomic E-state index is 12.2. The first-order valence-corrected chi connectivity index (χ1v) is 6.20. The van der Waals surface area contributed by atoms with Gasteiger partial charge in [-0.25, -0.2) is 0 Å². The zero-order chi connectivity index (χ0) is 12.3. The highest BCUT2D eigenvalue weighted by Gasteiger charge is 2.34. The molecule has 1 amide bonds. The molecule has 0 spiro atoms. The second kappa shape index (κ2) is 4.87. The first-order chi connectivity index (χ1) is 8.14. The smallest absolute Gasteiger partial charge is 0.231 e. The first-order valence-electron chi connectivity index (χ1n) is 6.20. The van der Waals surface area contributed by atoms with E-state index in [0.717, 1.165) is 38.0 Å². The predicted octanol–water partition coefficient (Wildman–Crippen LogP) is 1.30. The highest BCUT2D eigenvalue weighted by Crippen LogP contribution is 2.29. The summed E-state index contributed by atoms with van der Waals surface area (Å²) < 4.78 is 0. The van der Waals surface area contributed by atoms with E-state index in [1.807, 2.05) is 19.9 Å². The molecule has 1 aromatic rings. The molecule has 5 heteroatoms. The molecular weight excluding hydrogens is 216 g/mol. The van der Waals surface area contributed by atoms with Crippen LogP contribution < -0.4 is 10.6 Å². The molecule has 0 radical (unpaired) electrons. The Morgan fingerprint density at radius 2 is 2.24 bits per heavy atom. The number of H-pyrrole nitrogens is 1. The summed E-state index contributed by atoms with van der Waals surface area (Å²) in [5, 5.41) is 13.1. The number of aryl methyl sites for hydroxylation is 1. The highest BCUT2D eigenvalue weighted by atomic mass is 16.2. The fourth-order valence-electron chi connectivity index (χ4n) is 2.08. The third kappa shape index (κ3) is 2.66. The molecule has 1 fully saturated rings. The number of nitrogens with one attached hydrogen (secondary N) is 3. The van der Waals surface area contributed by atoms with Crippen molar-refractivity contribution < 1.29 is 4.79 Å². The maximum Gasteiger partial charge on any atom is 0.231 e. The molecule has 1 aromatic heterocycles. The Morgan fingerprint density at radius 1 is 1.53 bits per heavy atom. The number of aromatic amines is 1. The minimum atomic E-state index is -0.267. The van der Waals surface area contributed by atoms with E-state index in [1.165, 1.54) is 0 Å². The molecule has 0 aromatic carbocycles. The Kier molecular flexibility index (Phi) is 3.47. The van der Waals surface area contributed by atoms with Crippen molar-refractivity contribution in [3.05, 3.63) is 11.8 Å². The number of anilines is 1. The van der Waals surface area contributed by atoms with Crippen molar-refractivity contribution in [3.8, 4) is 0 Å². The van der Waals surface area contributed by atoms with Crippen LogP contribution in [0.25, 0.3) is 0 Å². The van der Waals surface area contributed by atoms with Crippen molar-refractivity contribution >= 4 is 11.7 Å². The van der Waals surface area contributed by atoms with Gasteiger partial charge in [0.1, 0.15) is 0 Å². The standard InChI is InChI=1S/C12H20N4O/c1-3-9-8-10(16-15-9)14-11(17)12(2)4-6-13-7-5-12/h8,13H,3-7H2,1-2H3,(H2,14,15,16,17). The van der Waals surface area contributed by atoms with Crippen molar-refractivity contribution in [2.45, 2.75) is 33.1 Å². The van der Waals surface area contributed by atoms with Gasteiger partial charge >= 0.3 is 0 Å². The molecule has 2 rings (SSSR count). The van der Waals surface area contributed by atoms with Crippen molar-refractivity contribution in [3.63, 3.8) is 0 Å². The van der Waals surface area contributed by atoms with Crippen LogP contribution >= 0.6 is 0 Å². The molecule has 1 saturated heterocycles. The lowest BCUT2D eigenvalue weighted by Gasteiger charge is -2.32. The predicted molar refractivity (Wildman–Crippen MR) is 66.8 cm³/mol. The molecule has 5 nitrogen and oxygen atoms in total. The Morgan fingerprint density at radius 3 is 2.82 bits per heavy atom. The van der Waals surface area contributed by atoms with E-state index in [4.69, 9.17) is 0 Å². The molecule has 0 aliphatic carbocycles. The van der Waals surface area contributed by atoms with Crippen LogP contribution in [0, 0.1) is 5.41 Å². The van der Waals surface area contributed by atoms with Crippen LogP contribution in [0.4, 0.5) is 5.82 Å². The fraction of sp³-hybridized carbons (Fsp3) is 0.667. The van der Waals surface area contributed by atoms with Gasteiger partial charge in [0.25, 0.3) is 0 Å². The summed E-state index contributed by atoms with van der Waals surface area (Å²) in [6.45, 7) is 5.89. The van der Waals surface area contributed by atoms with E-state index in [2.05, 4.69) is 20.8 Å². The first kappa shape index (κ1) is 12.1. The number of rotatable bonds is 3. The second-order valence-electron chi connectivity index (χ2n) is 4.90. The average molecular weight is 236 g/mol. The molecule has 17 heavy (non-hydrogen) atoms. The summed E-state index contributed by atoms with van der Waals surface area (Å²) >= 11 is 0. The lowest BCUT2D eigenvalue weighted by atomic mass is 9.80. The van der Waals surface area contributed by atoms with Crippen molar-refractivity contribution in [2.75, 3.05) is 18.4 Å². The van der Waals surface area contributed by atoms with Gasteiger partial charge in [0.2, 0.25) is 5.91 Å². The number of amides is 1. The molecule has 0 atom stereocenters. The van der Waals surface area contributed by atoms with Crippen LogP contribution in [0.3, 0.4) is 0 Å². The third-order valence-electron chi connectivity index (χ3n) is 3.51. The molecule has 0 unspecified atom stereocenters. The number of piperidine rings is 1. The van der Waals surface area contributed by atoms with Gasteiger partial charge in [-0.1, -0.05) is 13.8 Å². The summed E-state index contributed by atoms with van der Waals surface area (Å²) in [4.78, 5) is 12.2.